The number of primary amides is 1. The molecule has 0 saturated carbocycles. The fourth-order valence-corrected chi connectivity index (χ4v) is 1.10. The zero-order valence-electron chi connectivity index (χ0n) is 8.97. The van der Waals surface area contributed by atoms with Crippen LogP contribution in [0, 0.1) is 0 Å². The van der Waals surface area contributed by atoms with Gasteiger partial charge in [-0.05, 0) is 6.92 Å². The normalized spacial score (nSPS) is 11.3. The minimum absolute atomic E-state index is 0.0932. The Balaban J connectivity index is 4.52. The molecule has 0 spiro atoms. The van der Waals surface area contributed by atoms with Crippen molar-refractivity contribution in [2.45, 2.75) is 13.0 Å². The number of hydrogen-bond donors (Lipinski definition) is 3. The number of carboxylic acids is 1. The second-order valence-electron chi connectivity index (χ2n) is 3.13. The van der Waals surface area contributed by atoms with Gasteiger partial charge in [0.15, 0.2) is 0 Å². The summed E-state index contributed by atoms with van der Waals surface area (Å²) in [5, 5.41) is 10.8. The number of aliphatic carboxylic acids is 1. The van der Waals surface area contributed by atoms with Crippen molar-refractivity contribution in [3.8, 4) is 0 Å². The van der Waals surface area contributed by atoms with Gasteiger partial charge in [0.1, 0.15) is 12.6 Å². The molecule has 0 heterocycles. The molecule has 0 fully saturated rings. The summed E-state index contributed by atoms with van der Waals surface area (Å²) in [7, 11) is 0. The Labute approximate surface area is 92.9 Å². The monoisotopic (exact) mass is 229 g/mol. The molecule has 0 aromatic carbocycles. The molecule has 0 rings (SSSR count). The van der Waals surface area contributed by atoms with Crippen LogP contribution in [0.25, 0.3) is 0 Å². The maximum absolute atomic E-state index is 11.6. The standard InChI is InChI=1S/C9H15N3O4/c1-3-4-12(5-7(13)14)8(15)6(2)11-9(10)16/h3,6H,1,4-5H2,2H3,(H,13,14)(H3,10,11,16). The lowest BCUT2D eigenvalue weighted by Gasteiger charge is -2.22. The number of carbonyl (C=O) groups is 3. The molecule has 0 aromatic rings. The molecule has 0 aliphatic heterocycles. The Kier molecular flexibility index (Phi) is 5.61. The van der Waals surface area contributed by atoms with Crippen molar-refractivity contribution in [1.82, 2.24) is 10.2 Å². The van der Waals surface area contributed by atoms with E-state index >= 15 is 0 Å². The number of rotatable bonds is 6. The van der Waals surface area contributed by atoms with Crippen LogP contribution in [-0.4, -0.2) is 47.0 Å². The fraction of sp³-hybridized carbons (Fsp3) is 0.444. The molecule has 3 amide bonds. The van der Waals surface area contributed by atoms with Crippen molar-refractivity contribution in [1.29, 1.82) is 0 Å². The summed E-state index contributed by atoms with van der Waals surface area (Å²) < 4.78 is 0. The van der Waals surface area contributed by atoms with Crippen molar-refractivity contribution in [3.63, 3.8) is 0 Å². The highest BCUT2D eigenvalue weighted by Crippen LogP contribution is 1.96. The lowest BCUT2D eigenvalue weighted by molar-refractivity contribution is -0.144. The van der Waals surface area contributed by atoms with Gasteiger partial charge in [0.05, 0.1) is 0 Å². The molecule has 0 bridgehead atoms. The van der Waals surface area contributed by atoms with Crippen LogP contribution in [0.5, 0.6) is 0 Å². The molecule has 1 atom stereocenters. The maximum atomic E-state index is 11.6. The highest BCUT2D eigenvalue weighted by molar-refractivity contribution is 5.88. The van der Waals surface area contributed by atoms with Crippen molar-refractivity contribution < 1.29 is 19.5 Å². The summed E-state index contributed by atoms with van der Waals surface area (Å²) in [4.78, 5) is 33.7. The zero-order valence-corrected chi connectivity index (χ0v) is 8.97. The molecule has 0 radical (unpaired) electrons. The van der Waals surface area contributed by atoms with E-state index < -0.39 is 30.5 Å². The number of amides is 3. The number of nitrogens with one attached hydrogen (secondary N) is 1. The van der Waals surface area contributed by atoms with Gasteiger partial charge in [0.25, 0.3) is 0 Å². The van der Waals surface area contributed by atoms with Crippen LogP contribution < -0.4 is 11.1 Å². The second kappa shape index (κ2) is 6.44. The van der Waals surface area contributed by atoms with Gasteiger partial charge in [-0.25, -0.2) is 4.79 Å². The lowest BCUT2D eigenvalue weighted by atomic mass is 10.3. The first-order valence-electron chi connectivity index (χ1n) is 4.56. The first-order valence-corrected chi connectivity index (χ1v) is 4.56. The van der Waals surface area contributed by atoms with E-state index in [9.17, 15) is 14.4 Å². The van der Waals surface area contributed by atoms with E-state index in [0.717, 1.165) is 4.90 Å². The average molecular weight is 229 g/mol. The molecule has 16 heavy (non-hydrogen) atoms. The minimum Gasteiger partial charge on any atom is -0.480 e. The molecule has 90 valence electrons. The largest absolute Gasteiger partial charge is 0.480 e. The third-order valence-electron chi connectivity index (χ3n) is 1.72. The molecular formula is C9H15N3O4. The van der Waals surface area contributed by atoms with Gasteiger partial charge >= 0.3 is 12.0 Å². The zero-order chi connectivity index (χ0) is 12.7. The SMILES string of the molecule is C=CCN(CC(=O)O)C(=O)C(C)NC(N)=O. The number of nitrogens with two attached hydrogens (primary N) is 1. The smallest absolute Gasteiger partial charge is 0.323 e. The van der Waals surface area contributed by atoms with Gasteiger partial charge in [-0.3, -0.25) is 9.59 Å². The van der Waals surface area contributed by atoms with Crippen molar-refractivity contribution in [2.75, 3.05) is 13.1 Å². The van der Waals surface area contributed by atoms with Crippen LogP contribution in [0.15, 0.2) is 12.7 Å². The van der Waals surface area contributed by atoms with E-state index in [0.29, 0.717) is 0 Å². The minimum atomic E-state index is -1.14. The van der Waals surface area contributed by atoms with Gasteiger partial charge < -0.3 is 21.1 Å². The number of carbonyl (C=O) groups excluding carboxylic acids is 2. The molecular weight excluding hydrogens is 214 g/mol. The summed E-state index contributed by atoms with van der Waals surface area (Å²) in [6.45, 7) is 4.48. The third kappa shape index (κ3) is 4.99. The van der Waals surface area contributed by atoms with Crippen LogP contribution in [0.4, 0.5) is 4.79 Å². The van der Waals surface area contributed by atoms with Crippen LogP contribution in [-0.2, 0) is 9.59 Å². The predicted octanol–water partition coefficient (Wildman–Crippen LogP) is -0.858. The molecule has 7 heteroatoms. The molecule has 0 aliphatic carbocycles. The van der Waals surface area contributed by atoms with Gasteiger partial charge in [-0.15, -0.1) is 6.58 Å². The molecule has 4 N–H and O–H groups in total. The molecule has 1 unspecified atom stereocenters. The topological polar surface area (TPSA) is 113 Å². The van der Waals surface area contributed by atoms with Crippen LogP contribution in [0.1, 0.15) is 6.92 Å². The van der Waals surface area contributed by atoms with Crippen molar-refractivity contribution >= 4 is 17.9 Å². The van der Waals surface area contributed by atoms with E-state index in [2.05, 4.69) is 11.9 Å². The van der Waals surface area contributed by atoms with E-state index in [1.807, 2.05) is 0 Å². The van der Waals surface area contributed by atoms with Crippen molar-refractivity contribution in [2.24, 2.45) is 5.73 Å². The van der Waals surface area contributed by atoms with Gasteiger partial charge in [-0.2, -0.15) is 0 Å². The highest BCUT2D eigenvalue weighted by atomic mass is 16.4. The second-order valence-corrected chi connectivity index (χ2v) is 3.13. The summed E-state index contributed by atoms with van der Waals surface area (Å²) in [5.41, 5.74) is 4.85. The van der Waals surface area contributed by atoms with Gasteiger partial charge in [0, 0.05) is 6.54 Å². The van der Waals surface area contributed by atoms with Crippen LogP contribution >= 0.6 is 0 Å². The Morgan fingerprint density at radius 3 is 2.50 bits per heavy atom. The Bertz CT molecular complexity index is 303. The number of carboxylic acid groups (broad SMARTS) is 1. The molecule has 0 saturated heterocycles. The lowest BCUT2D eigenvalue weighted by Crippen LogP contribution is -2.49. The van der Waals surface area contributed by atoms with E-state index in [-0.39, 0.29) is 6.54 Å². The summed E-state index contributed by atoms with van der Waals surface area (Å²) in [6.07, 6.45) is 1.40. The van der Waals surface area contributed by atoms with Crippen LogP contribution in [0.3, 0.4) is 0 Å². The average Bonchev–Trinajstić information content (AvgIpc) is 2.14. The number of urea groups is 1. The van der Waals surface area contributed by atoms with E-state index in [1.165, 1.54) is 13.0 Å². The quantitative estimate of drug-likeness (QED) is 0.514. The summed E-state index contributed by atoms with van der Waals surface area (Å²) in [6, 6.07) is -1.70. The van der Waals surface area contributed by atoms with E-state index in [1.54, 1.807) is 0 Å². The van der Waals surface area contributed by atoms with Crippen LogP contribution in [0.2, 0.25) is 0 Å². The van der Waals surface area contributed by atoms with Gasteiger partial charge in [0.2, 0.25) is 5.91 Å². The van der Waals surface area contributed by atoms with Gasteiger partial charge in [-0.1, -0.05) is 6.08 Å². The molecule has 0 aliphatic rings. The Hall–Kier alpha value is -2.05. The maximum Gasteiger partial charge on any atom is 0.323 e. The molecule has 7 nitrogen and oxygen atoms in total. The van der Waals surface area contributed by atoms with E-state index in [4.69, 9.17) is 10.8 Å². The Morgan fingerprint density at radius 2 is 2.12 bits per heavy atom. The molecule has 0 aromatic heterocycles. The number of nitrogens with zero attached hydrogens (tertiary/aromatic N) is 1. The third-order valence-corrected chi connectivity index (χ3v) is 1.72. The van der Waals surface area contributed by atoms with Crippen molar-refractivity contribution in [3.05, 3.63) is 12.7 Å². The first kappa shape index (κ1) is 13.9. The Morgan fingerprint density at radius 1 is 1.56 bits per heavy atom. The first-order chi connectivity index (χ1) is 7.38. The highest BCUT2D eigenvalue weighted by Gasteiger charge is 2.22. The number of hydrogen-bond acceptors (Lipinski definition) is 3. The predicted molar refractivity (Wildman–Crippen MR) is 56.6 cm³/mol. The summed E-state index contributed by atoms with van der Waals surface area (Å²) in [5.74, 6) is -1.66. The fourth-order valence-electron chi connectivity index (χ4n) is 1.10. The summed E-state index contributed by atoms with van der Waals surface area (Å²) >= 11 is 0.